The minimum Gasteiger partial charge on any atom is -0.484 e. The van der Waals surface area contributed by atoms with Gasteiger partial charge >= 0.3 is 12.3 Å². The van der Waals surface area contributed by atoms with Crippen LogP contribution in [0.5, 0.6) is 5.75 Å². The molecule has 3 saturated carbocycles. The molecule has 3 aromatic carbocycles. The van der Waals surface area contributed by atoms with E-state index in [4.69, 9.17) is 9.47 Å². The lowest BCUT2D eigenvalue weighted by Crippen LogP contribution is -2.70. The molecule has 226 valence electrons. The average Bonchev–Trinajstić information content (AvgIpc) is 3.29. The Bertz CT molecular complexity index is 1520. The van der Waals surface area contributed by atoms with Crippen molar-refractivity contribution in [3.8, 4) is 16.9 Å². The third kappa shape index (κ3) is 5.09. The summed E-state index contributed by atoms with van der Waals surface area (Å²) in [7, 11) is 1.68. The quantitative estimate of drug-likeness (QED) is 0.340. The Morgan fingerprint density at radius 3 is 2.14 bits per heavy atom. The van der Waals surface area contributed by atoms with Crippen molar-refractivity contribution in [3.05, 3.63) is 89.2 Å². The molecule has 4 aliphatic carbocycles. The van der Waals surface area contributed by atoms with E-state index in [9.17, 15) is 32.3 Å². The minimum atomic E-state index is -4.84. The Balaban J connectivity index is 1.08. The number of rotatable bonds is 6. The summed E-state index contributed by atoms with van der Waals surface area (Å²) in [4.78, 5) is 27.8. The molecule has 0 saturated heterocycles. The van der Waals surface area contributed by atoms with E-state index in [0.29, 0.717) is 37.8 Å². The zero-order chi connectivity index (χ0) is 30.6. The van der Waals surface area contributed by atoms with Gasteiger partial charge in [-0.25, -0.2) is 9.18 Å². The summed E-state index contributed by atoms with van der Waals surface area (Å²) in [6, 6.07) is 17.7. The number of amides is 2. The maximum absolute atomic E-state index is 13.8. The maximum atomic E-state index is 13.8. The molecule has 2 amide bonds. The van der Waals surface area contributed by atoms with Crippen molar-refractivity contribution >= 4 is 12.0 Å². The number of carbonyl (C=O) groups excluding carboxylic acids is 2. The Kier molecular flexibility index (Phi) is 7.11. The normalized spacial score (nSPS) is 24.2. The van der Waals surface area contributed by atoms with Crippen molar-refractivity contribution in [2.45, 2.75) is 61.6 Å². The van der Waals surface area contributed by atoms with Crippen LogP contribution in [0.4, 0.5) is 22.4 Å². The van der Waals surface area contributed by atoms with E-state index in [-0.39, 0.29) is 12.2 Å². The zero-order valence-corrected chi connectivity index (χ0v) is 23.3. The third-order valence-electron chi connectivity index (χ3n) is 9.27. The first kappa shape index (κ1) is 29.0. The highest BCUT2D eigenvalue weighted by atomic mass is 19.4. The van der Waals surface area contributed by atoms with E-state index in [1.807, 2.05) is 48.5 Å². The fraction of sp³-hybridized carbons (Fsp3) is 0.375. The summed E-state index contributed by atoms with van der Waals surface area (Å²) in [5, 5.41) is 14.0. The molecule has 0 aromatic heterocycles. The first-order valence-corrected chi connectivity index (χ1v) is 14.0. The first-order chi connectivity index (χ1) is 20.4. The number of carbonyl (C=O) groups is 2. The van der Waals surface area contributed by atoms with Crippen molar-refractivity contribution < 1.29 is 41.7 Å². The van der Waals surface area contributed by atoms with Crippen molar-refractivity contribution in [1.29, 1.82) is 0 Å². The molecule has 7 rings (SSSR count). The van der Waals surface area contributed by atoms with Crippen molar-refractivity contribution in [2.75, 3.05) is 13.7 Å². The lowest BCUT2D eigenvalue weighted by atomic mass is 9.59. The number of alkyl halides is 3. The number of ether oxygens (including phenoxy) is 2. The molecular weight excluding hydrogens is 568 g/mol. The Morgan fingerprint density at radius 2 is 1.58 bits per heavy atom. The van der Waals surface area contributed by atoms with Crippen LogP contribution >= 0.6 is 0 Å². The van der Waals surface area contributed by atoms with Crippen LogP contribution in [0.25, 0.3) is 11.1 Å². The molecule has 2 bridgehead atoms. The van der Waals surface area contributed by atoms with Gasteiger partial charge < -0.3 is 24.8 Å². The van der Waals surface area contributed by atoms with Crippen LogP contribution in [-0.4, -0.2) is 52.8 Å². The fourth-order valence-electron chi connectivity index (χ4n) is 6.82. The lowest BCUT2D eigenvalue weighted by molar-refractivity contribution is -0.140. The highest BCUT2D eigenvalue weighted by Crippen LogP contribution is 2.51. The molecule has 0 heterocycles. The number of aliphatic hydroxyl groups excluding tert-OH is 1. The minimum absolute atomic E-state index is 0.224. The number of nitrogens with zero attached hydrogens (tertiary/aromatic N) is 1. The van der Waals surface area contributed by atoms with Crippen molar-refractivity contribution in [3.63, 3.8) is 0 Å². The molecule has 0 unspecified atom stereocenters. The van der Waals surface area contributed by atoms with Gasteiger partial charge in [-0.3, -0.25) is 4.79 Å². The zero-order valence-electron chi connectivity index (χ0n) is 23.3. The van der Waals surface area contributed by atoms with E-state index >= 15 is 0 Å². The van der Waals surface area contributed by atoms with E-state index in [0.717, 1.165) is 28.3 Å². The second kappa shape index (κ2) is 10.6. The van der Waals surface area contributed by atoms with Crippen LogP contribution in [0.3, 0.4) is 0 Å². The molecule has 3 fully saturated rings. The topological polar surface area (TPSA) is 88.1 Å². The molecule has 1 atom stereocenters. The Labute approximate surface area is 245 Å². The third-order valence-corrected chi connectivity index (χ3v) is 9.27. The molecule has 3 aromatic rings. The van der Waals surface area contributed by atoms with Crippen molar-refractivity contribution in [2.24, 2.45) is 0 Å². The lowest BCUT2D eigenvalue weighted by Gasteiger charge is -2.58. The summed E-state index contributed by atoms with van der Waals surface area (Å²) in [6.07, 6.45) is -4.83. The summed E-state index contributed by atoms with van der Waals surface area (Å²) in [6.45, 7) is -0.568. The van der Waals surface area contributed by atoms with Gasteiger partial charge in [0.15, 0.2) is 12.7 Å². The Morgan fingerprint density at radius 1 is 0.977 bits per heavy atom. The van der Waals surface area contributed by atoms with Crippen LogP contribution in [0.15, 0.2) is 66.7 Å². The number of aliphatic hydroxyl groups is 1. The summed E-state index contributed by atoms with van der Waals surface area (Å²) < 4.78 is 63.6. The molecule has 0 aliphatic heterocycles. The van der Waals surface area contributed by atoms with Gasteiger partial charge in [-0.1, -0.05) is 48.5 Å². The maximum Gasteiger partial charge on any atom is 0.419 e. The summed E-state index contributed by atoms with van der Waals surface area (Å²) in [5.74, 6) is -2.32. The predicted octanol–water partition coefficient (Wildman–Crippen LogP) is 5.99. The van der Waals surface area contributed by atoms with Gasteiger partial charge in [0.2, 0.25) is 0 Å². The van der Waals surface area contributed by atoms with E-state index in [1.54, 1.807) is 11.9 Å². The van der Waals surface area contributed by atoms with Gasteiger partial charge in [-0.2, -0.15) is 13.2 Å². The van der Waals surface area contributed by atoms with Gasteiger partial charge in [0.25, 0.3) is 5.91 Å². The van der Waals surface area contributed by atoms with Gasteiger partial charge in [-0.15, -0.1) is 0 Å². The highest BCUT2D eigenvalue weighted by molar-refractivity contribution is 5.80. The Hall–Kier alpha value is -4.12. The van der Waals surface area contributed by atoms with E-state index in [2.05, 4.69) is 5.32 Å². The second-order valence-corrected chi connectivity index (χ2v) is 11.6. The molecule has 11 heteroatoms. The first-order valence-electron chi connectivity index (χ1n) is 14.0. The summed E-state index contributed by atoms with van der Waals surface area (Å²) >= 11 is 0. The fourth-order valence-corrected chi connectivity index (χ4v) is 6.82. The van der Waals surface area contributed by atoms with Gasteiger partial charge in [0.05, 0.1) is 17.2 Å². The molecule has 43 heavy (non-hydrogen) atoms. The standard InChI is InChI=1S/C32H30F4N2O5/c1-38(29(41)43-28-22-8-4-2-6-20(22)21-7-3-5-9-23(21)28)30-12-14-31(15-13-30,26(39)17-30)37-27(40)18-42-19-10-11-24(25(33)16-19)32(34,35)36/h2-11,16,26,28,39H,12-15,17-18H2,1H3,(H,37,40)/t26-,30?,31?/m1/s1. The van der Waals surface area contributed by atoms with Crippen LogP contribution in [0.1, 0.15) is 54.9 Å². The number of hydrogen-bond acceptors (Lipinski definition) is 5. The van der Waals surface area contributed by atoms with Crippen molar-refractivity contribution in [1.82, 2.24) is 10.2 Å². The predicted molar refractivity (Wildman–Crippen MR) is 148 cm³/mol. The van der Waals surface area contributed by atoms with Crippen LogP contribution < -0.4 is 10.1 Å². The smallest absolute Gasteiger partial charge is 0.419 e. The number of halogens is 4. The number of fused-ring (bicyclic) bond motifs is 6. The number of benzene rings is 3. The van der Waals surface area contributed by atoms with Gasteiger partial charge in [0.1, 0.15) is 11.6 Å². The molecule has 0 spiro atoms. The number of nitrogens with one attached hydrogen (secondary N) is 1. The molecule has 4 aliphatic rings. The van der Waals surface area contributed by atoms with E-state index < -0.39 is 59.5 Å². The molecule has 0 radical (unpaired) electrons. The van der Waals surface area contributed by atoms with Crippen LogP contribution in [0, 0.1) is 5.82 Å². The van der Waals surface area contributed by atoms with Crippen LogP contribution in [0.2, 0.25) is 0 Å². The molecule has 2 N–H and O–H groups in total. The number of hydrogen-bond donors (Lipinski definition) is 2. The van der Waals surface area contributed by atoms with Gasteiger partial charge in [-0.05, 0) is 55.4 Å². The molecule has 7 nitrogen and oxygen atoms in total. The van der Waals surface area contributed by atoms with Crippen LogP contribution in [-0.2, 0) is 15.7 Å². The SMILES string of the molecule is CN(C(=O)OC1c2ccccc2-c2ccccc21)C12CCC(NC(=O)COc3ccc(C(F)(F)F)c(F)c3)(CC1)[C@H](O)C2. The highest BCUT2D eigenvalue weighted by Gasteiger charge is 2.57. The largest absolute Gasteiger partial charge is 0.484 e. The molecular formula is C32H30F4N2O5. The van der Waals surface area contributed by atoms with E-state index in [1.165, 1.54) is 0 Å². The van der Waals surface area contributed by atoms with Gasteiger partial charge in [0, 0.05) is 29.8 Å². The monoisotopic (exact) mass is 598 g/mol. The second-order valence-electron chi connectivity index (χ2n) is 11.6. The average molecular weight is 599 g/mol. The summed E-state index contributed by atoms with van der Waals surface area (Å²) in [5.41, 5.74) is 0.851.